The van der Waals surface area contributed by atoms with E-state index in [0.717, 1.165) is 11.3 Å². The Labute approximate surface area is 156 Å². The molecule has 1 aromatic carbocycles. The quantitative estimate of drug-likeness (QED) is 0.549. The van der Waals surface area contributed by atoms with Gasteiger partial charge >= 0.3 is 5.97 Å². The summed E-state index contributed by atoms with van der Waals surface area (Å²) < 4.78 is 15.9. The van der Waals surface area contributed by atoms with Gasteiger partial charge in [0.15, 0.2) is 23.9 Å². The fourth-order valence-corrected chi connectivity index (χ4v) is 2.90. The monoisotopic (exact) mass is 375 g/mol. The van der Waals surface area contributed by atoms with Crippen LogP contribution < -0.4 is 9.47 Å². The van der Waals surface area contributed by atoms with Crippen molar-refractivity contribution >= 4 is 23.6 Å². The van der Waals surface area contributed by atoms with E-state index < -0.39 is 18.5 Å². The molecule has 2 amide bonds. The molecule has 0 aromatic heterocycles. The van der Waals surface area contributed by atoms with Crippen molar-refractivity contribution < 1.29 is 33.4 Å². The highest BCUT2D eigenvalue weighted by molar-refractivity contribution is 5.99. The van der Waals surface area contributed by atoms with Crippen molar-refractivity contribution in [1.29, 1.82) is 0 Å². The summed E-state index contributed by atoms with van der Waals surface area (Å²) in [5, 5.41) is 0. The van der Waals surface area contributed by atoms with E-state index in [2.05, 4.69) is 0 Å². The molecule has 0 unspecified atom stereocenters. The predicted molar refractivity (Wildman–Crippen MR) is 92.5 cm³/mol. The number of amides is 2. The van der Waals surface area contributed by atoms with Crippen molar-refractivity contribution in [3.05, 3.63) is 23.8 Å². The molecule has 0 bridgehead atoms. The molecule has 1 fully saturated rings. The summed E-state index contributed by atoms with van der Waals surface area (Å²) in [6.07, 6.45) is 1.54. The second-order valence-corrected chi connectivity index (χ2v) is 6.34. The topological polar surface area (TPSA) is 99.2 Å². The molecule has 8 heteroatoms. The number of benzene rings is 1. The number of ether oxygens (including phenoxy) is 3. The summed E-state index contributed by atoms with van der Waals surface area (Å²) in [6.45, 7) is 0.957. The normalized spacial score (nSPS) is 16.0. The second kappa shape index (κ2) is 8.66. The lowest BCUT2D eigenvalue weighted by Gasteiger charge is -2.13. The lowest BCUT2D eigenvalue weighted by molar-refractivity contribution is -0.154. The first-order valence-electron chi connectivity index (χ1n) is 8.96. The molecule has 8 nitrogen and oxygen atoms in total. The zero-order chi connectivity index (χ0) is 19.2. The molecule has 2 heterocycles. The molecule has 0 N–H and O–H groups in total. The lowest BCUT2D eigenvalue weighted by Crippen LogP contribution is -2.35. The first-order chi connectivity index (χ1) is 13.0. The van der Waals surface area contributed by atoms with Crippen LogP contribution in [-0.4, -0.2) is 54.8 Å². The molecule has 0 saturated carbocycles. The van der Waals surface area contributed by atoms with Crippen LogP contribution in [0.15, 0.2) is 18.2 Å². The number of rotatable bonds is 6. The minimum Gasteiger partial charge on any atom is -0.490 e. The first kappa shape index (κ1) is 18.9. The fraction of sp³-hybridized carbons (Fsp3) is 0.474. The molecule has 1 aromatic rings. The molecule has 0 atom stereocenters. The summed E-state index contributed by atoms with van der Waals surface area (Å²) in [4.78, 5) is 48.4. The third kappa shape index (κ3) is 4.84. The number of likely N-dealkylation sites (tertiary alicyclic amines) is 1. The van der Waals surface area contributed by atoms with Gasteiger partial charge in [-0.05, 0) is 24.6 Å². The highest BCUT2D eigenvalue weighted by atomic mass is 16.5. The molecular weight excluding hydrogens is 354 g/mol. The van der Waals surface area contributed by atoms with Gasteiger partial charge in [-0.1, -0.05) is 0 Å². The Morgan fingerprint density at radius 2 is 1.81 bits per heavy atom. The minimum absolute atomic E-state index is 0.0463. The van der Waals surface area contributed by atoms with Crippen LogP contribution in [0.5, 0.6) is 11.5 Å². The Bertz CT molecular complexity index is 758. The van der Waals surface area contributed by atoms with E-state index in [1.54, 1.807) is 18.2 Å². The fourth-order valence-electron chi connectivity index (χ4n) is 2.90. The molecule has 2 aliphatic heterocycles. The average Bonchev–Trinajstić information content (AvgIpc) is 2.96. The van der Waals surface area contributed by atoms with E-state index in [0.29, 0.717) is 49.7 Å². The minimum atomic E-state index is -0.655. The van der Waals surface area contributed by atoms with Gasteiger partial charge in [0.25, 0.3) is 5.91 Å². The number of hydrogen-bond donors (Lipinski definition) is 0. The molecule has 144 valence electrons. The van der Waals surface area contributed by atoms with Gasteiger partial charge in [0.05, 0.1) is 19.6 Å². The number of fused-ring (bicyclic) bond motifs is 1. The van der Waals surface area contributed by atoms with E-state index >= 15 is 0 Å². The molecule has 0 radical (unpaired) electrons. The summed E-state index contributed by atoms with van der Waals surface area (Å²) in [6, 6.07) is 4.92. The maximum Gasteiger partial charge on any atom is 0.306 e. The van der Waals surface area contributed by atoms with Crippen molar-refractivity contribution in [2.75, 3.05) is 26.4 Å². The van der Waals surface area contributed by atoms with Crippen LogP contribution in [-0.2, 0) is 19.1 Å². The summed E-state index contributed by atoms with van der Waals surface area (Å²) in [5.74, 6) is -0.553. The first-order valence-corrected chi connectivity index (χ1v) is 8.96. The van der Waals surface area contributed by atoms with Crippen molar-refractivity contribution in [2.24, 2.45) is 0 Å². The van der Waals surface area contributed by atoms with Crippen LogP contribution in [0.25, 0.3) is 0 Å². The van der Waals surface area contributed by atoms with Gasteiger partial charge in [-0.2, -0.15) is 0 Å². The molecule has 2 aliphatic rings. The van der Waals surface area contributed by atoms with Crippen molar-refractivity contribution in [3.63, 3.8) is 0 Å². The van der Waals surface area contributed by atoms with Gasteiger partial charge < -0.3 is 14.2 Å². The van der Waals surface area contributed by atoms with Crippen LogP contribution in [0.2, 0.25) is 0 Å². The summed E-state index contributed by atoms with van der Waals surface area (Å²) in [5.41, 5.74) is 0.422. The van der Waals surface area contributed by atoms with E-state index in [1.807, 2.05) is 0 Å². The smallest absolute Gasteiger partial charge is 0.306 e. The van der Waals surface area contributed by atoms with E-state index in [9.17, 15) is 19.2 Å². The zero-order valence-electron chi connectivity index (χ0n) is 14.9. The number of hydrogen-bond acceptors (Lipinski definition) is 7. The Kier molecular flexibility index (Phi) is 6.05. The largest absolute Gasteiger partial charge is 0.490 e. The number of nitrogens with zero attached hydrogens (tertiary/aromatic N) is 1. The van der Waals surface area contributed by atoms with Crippen LogP contribution in [0.4, 0.5) is 0 Å². The SMILES string of the molecule is O=C(CCC(=O)c1ccc2c(c1)OCCCO2)OCC(=O)N1CCCC1=O. The van der Waals surface area contributed by atoms with Gasteiger partial charge in [-0.15, -0.1) is 0 Å². The van der Waals surface area contributed by atoms with E-state index in [-0.39, 0.29) is 24.5 Å². The van der Waals surface area contributed by atoms with Gasteiger partial charge in [-0.3, -0.25) is 24.1 Å². The Hall–Kier alpha value is -2.90. The van der Waals surface area contributed by atoms with Crippen LogP contribution >= 0.6 is 0 Å². The number of esters is 1. The molecule has 3 rings (SSSR count). The van der Waals surface area contributed by atoms with Crippen LogP contribution in [0.1, 0.15) is 42.5 Å². The molecule has 27 heavy (non-hydrogen) atoms. The number of carbonyl (C=O) groups excluding carboxylic acids is 4. The summed E-state index contributed by atoms with van der Waals surface area (Å²) in [7, 11) is 0. The zero-order valence-corrected chi connectivity index (χ0v) is 14.9. The lowest BCUT2D eigenvalue weighted by atomic mass is 10.1. The highest BCUT2D eigenvalue weighted by Gasteiger charge is 2.27. The van der Waals surface area contributed by atoms with Crippen molar-refractivity contribution in [3.8, 4) is 11.5 Å². The number of ketones is 1. The van der Waals surface area contributed by atoms with E-state index in [1.165, 1.54) is 0 Å². The van der Waals surface area contributed by atoms with Gasteiger partial charge in [0.2, 0.25) is 5.91 Å². The number of carbonyl (C=O) groups is 4. The van der Waals surface area contributed by atoms with Gasteiger partial charge in [0, 0.05) is 31.4 Å². The van der Waals surface area contributed by atoms with Crippen LogP contribution in [0.3, 0.4) is 0 Å². The molecule has 0 spiro atoms. The Balaban J connectivity index is 1.46. The third-order valence-corrected chi connectivity index (χ3v) is 4.36. The average molecular weight is 375 g/mol. The van der Waals surface area contributed by atoms with Gasteiger partial charge in [-0.25, -0.2) is 0 Å². The van der Waals surface area contributed by atoms with Gasteiger partial charge in [0.1, 0.15) is 0 Å². The highest BCUT2D eigenvalue weighted by Crippen LogP contribution is 2.30. The number of Topliss-reactive ketones (excluding diaryl/α,β-unsaturated/α-hetero) is 1. The van der Waals surface area contributed by atoms with E-state index in [4.69, 9.17) is 14.2 Å². The summed E-state index contributed by atoms with van der Waals surface area (Å²) >= 11 is 0. The standard InChI is InChI=1S/C19H21NO7/c21-14(13-4-6-15-16(11-13)26-10-2-9-25-15)5-7-19(24)27-12-18(23)20-8-1-3-17(20)22/h4,6,11H,1-3,5,7-10,12H2. The van der Waals surface area contributed by atoms with Crippen molar-refractivity contribution in [2.45, 2.75) is 32.1 Å². The maximum absolute atomic E-state index is 12.3. The Morgan fingerprint density at radius 1 is 1.04 bits per heavy atom. The maximum atomic E-state index is 12.3. The molecule has 1 saturated heterocycles. The molecular formula is C19H21NO7. The van der Waals surface area contributed by atoms with Crippen molar-refractivity contribution in [1.82, 2.24) is 4.90 Å². The number of imide groups is 1. The second-order valence-electron chi connectivity index (χ2n) is 6.34. The van der Waals surface area contributed by atoms with Crippen LogP contribution in [0, 0.1) is 0 Å². The third-order valence-electron chi connectivity index (χ3n) is 4.36. The Morgan fingerprint density at radius 3 is 2.56 bits per heavy atom. The predicted octanol–water partition coefficient (Wildman–Crippen LogP) is 1.50. The molecule has 0 aliphatic carbocycles.